The summed E-state index contributed by atoms with van der Waals surface area (Å²) in [4.78, 5) is 27.8. The van der Waals surface area contributed by atoms with Crippen LogP contribution in [0.15, 0.2) is 60.0 Å². The molecule has 0 fully saturated rings. The van der Waals surface area contributed by atoms with Gasteiger partial charge in [0, 0.05) is 22.2 Å². The van der Waals surface area contributed by atoms with E-state index in [1.165, 1.54) is 17.4 Å². The third kappa shape index (κ3) is 3.44. The molecule has 0 spiro atoms. The topological polar surface area (TPSA) is 85.1 Å². The summed E-state index contributed by atoms with van der Waals surface area (Å²) >= 11 is 1.40. The molecule has 3 aromatic rings. The Morgan fingerprint density at radius 1 is 1.04 bits per heavy atom. The van der Waals surface area contributed by atoms with E-state index in [-0.39, 0.29) is 5.91 Å². The number of thiazole rings is 1. The molecular weight excluding hydrogens is 310 g/mol. The van der Waals surface area contributed by atoms with Crippen molar-refractivity contribution in [2.45, 2.75) is 0 Å². The first kappa shape index (κ1) is 14.9. The van der Waals surface area contributed by atoms with Gasteiger partial charge in [0.25, 0.3) is 5.91 Å². The molecule has 2 aromatic carbocycles. The Balaban J connectivity index is 1.78. The van der Waals surface area contributed by atoms with E-state index in [2.05, 4.69) is 10.3 Å². The summed E-state index contributed by atoms with van der Waals surface area (Å²) in [6.45, 7) is 0. The van der Waals surface area contributed by atoms with Crippen molar-refractivity contribution in [3.05, 3.63) is 71.2 Å². The maximum atomic E-state index is 12.3. The zero-order chi connectivity index (χ0) is 16.2. The van der Waals surface area contributed by atoms with Gasteiger partial charge in [0.2, 0.25) is 5.91 Å². The van der Waals surface area contributed by atoms with Crippen LogP contribution >= 0.6 is 11.3 Å². The van der Waals surface area contributed by atoms with Crippen LogP contribution in [0.25, 0.3) is 10.6 Å². The molecular formula is C17H13N3O2S. The number of nitrogens with zero attached hydrogens (tertiary/aromatic N) is 1. The lowest BCUT2D eigenvalue weighted by molar-refractivity contribution is 0.0995. The predicted octanol–water partition coefficient (Wildman–Crippen LogP) is 3.16. The standard InChI is InChI=1S/C17H13N3O2S/c18-15(21)12-7-4-8-13(9-12)19-16(22)14-10-23-17(20-14)11-5-2-1-3-6-11/h1-10H,(H2,18,21)(H,19,22). The summed E-state index contributed by atoms with van der Waals surface area (Å²) in [6.07, 6.45) is 0. The summed E-state index contributed by atoms with van der Waals surface area (Å²) in [7, 11) is 0. The number of benzene rings is 2. The maximum absolute atomic E-state index is 12.3. The minimum atomic E-state index is -0.541. The molecule has 0 atom stereocenters. The Kier molecular flexibility index (Phi) is 4.16. The molecule has 1 heterocycles. The van der Waals surface area contributed by atoms with Gasteiger partial charge in [-0.15, -0.1) is 11.3 Å². The van der Waals surface area contributed by atoms with Crippen LogP contribution < -0.4 is 11.1 Å². The van der Waals surface area contributed by atoms with Gasteiger partial charge in [-0.1, -0.05) is 36.4 Å². The second kappa shape index (κ2) is 6.41. The van der Waals surface area contributed by atoms with Crippen LogP contribution in [-0.4, -0.2) is 16.8 Å². The van der Waals surface area contributed by atoms with Crippen molar-refractivity contribution in [3.8, 4) is 10.6 Å². The molecule has 23 heavy (non-hydrogen) atoms. The Bertz CT molecular complexity index is 859. The number of carbonyl (C=O) groups is 2. The van der Waals surface area contributed by atoms with Gasteiger partial charge in [-0.2, -0.15) is 0 Å². The van der Waals surface area contributed by atoms with Crippen molar-refractivity contribution >= 4 is 28.8 Å². The fraction of sp³-hybridized carbons (Fsp3) is 0. The molecule has 0 aliphatic heterocycles. The molecule has 114 valence electrons. The fourth-order valence-electron chi connectivity index (χ4n) is 2.04. The normalized spacial score (nSPS) is 10.3. The number of nitrogens with one attached hydrogen (secondary N) is 1. The van der Waals surface area contributed by atoms with Crippen LogP contribution in [0.4, 0.5) is 5.69 Å². The quantitative estimate of drug-likeness (QED) is 0.773. The minimum Gasteiger partial charge on any atom is -0.366 e. The van der Waals surface area contributed by atoms with E-state index >= 15 is 0 Å². The van der Waals surface area contributed by atoms with Gasteiger partial charge in [-0.25, -0.2) is 4.98 Å². The molecule has 0 aliphatic carbocycles. The molecule has 1 aromatic heterocycles. The van der Waals surface area contributed by atoms with Gasteiger partial charge in [-0.3, -0.25) is 9.59 Å². The van der Waals surface area contributed by atoms with Crippen molar-refractivity contribution < 1.29 is 9.59 Å². The lowest BCUT2D eigenvalue weighted by Crippen LogP contribution is -2.14. The number of amides is 2. The number of anilines is 1. The molecule has 3 rings (SSSR count). The fourth-order valence-corrected chi connectivity index (χ4v) is 2.84. The zero-order valence-corrected chi connectivity index (χ0v) is 12.8. The lowest BCUT2D eigenvalue weighted by Gasteiger charge is -2.04. The molecule has 0 saturated carbocycles. The number of nitrogens with two attached hydrogens (primary N) is 1. The summed E-state index contributed by atoms with van der Waals surface area (Å²) in [5.41, 5.74) is 7.37. The van der Waals surface area contributed by atoms with E-state index in [0.29, 0.717) is 16.9 Å². The van der Waals surface area contributed by atoms with E-state index in [4.69, 9.17) is 5.73 Å². The van der Waals surface area contributed by atoms with Gasteiger partial charge in [0.15, 0.2) is 0 Å². The van der Waals surface area contributed by atoms with E-state index < -0.39 is 5.91 Å². The van der Waals surface area contributed by atoms with E-state index in [1.54, 1.807) is 23.6 Å². The maximum Gasteiger partial charge on any atom is 0.275 e. The summed E-state index contributed by atoms with van der Waals surface area (Å²) < 4.78 is 0. The summed E-state index contributed by atoms with van der Waals surface area (Å²) in [5.74, 6) is -0.869. The third-order valence-electron chi connectivity index (χ3n) is 3.16. The molecule has 5 nitrogen and oxygen atoms in total. The van der Waals surface area contributed by atoms with Crippen molar-refractivity contribution in [3.63, 3.8) is 0 Å². The smallest absolute Gasteiger partial charge is 0.275 e. The highest BCUT2D eigenvalue weighted by molar-refractivity contribution is 7.13. The molecule has 0 saturated heterocycles. The first-order chi connectivity index (χ1) is 11.1. The first-order valence-electron chi connectivity index (χ1n) is 6.85. The van der Waals surface area contributed by atoms with Crippen molar-refractivity contribution in [1.29, 1.82) is 0 Å². The van der Waals surface area contributed by atoms with Gasteiger partial charge in [0.05, 0.1) is 0 Å². The molecule has 3 N–H and O–H groups in total. The first-order valence-corrected chi connectivity index (χ1v) is 7.73. The zero-order valence-electron chi connectivity index (χ0n) is 12.0. The predicted molar refractivity (Wildman–Crippen MR) is 90.5 cm³/mol. The van der Waals surface area contributed by atoms with Crippen LogP contribution in [0.1, 0.15) is 20.8 Å². The SMILES string of the molecule is NC(=O)c1cccc(NC(=O)c2csc(-c3ccccc3)n2)c1. The minimum absolute atomic E-state index is 0.329. The summed E-state index contributed by atoms with van der Waals surface area (Å²) in [5, 5.41) is 5.20. The Morgan fingerprint density at radius 3 is 2.57 bits per heavy atom. The average Bonchev–Trinajstić information content (AvgIpc) is 3.06. The number of primary amides is 1. The second-order valence-corrected chi connectivity index (χ2v) is 5.66. The van der Waals surface area contributed by atoms with Gasteiger partial charge in [-0.05, 0) is 18.2 Å². The van der Waals surface area contributed by atoms with E-state index in [9.17, 15) is 9.59 Å². The Hall–Kier alpha value is -2.99. The van der Waals surface area contributed by atoms with Crippen LogP contribution in [0, 0.1) is 0 Å². The van der Waals surface area contributed by atoms with Crippen molar-refractivity contribution in [1.82, 2.24) is 4.98 Å². The number of carbonyl (C=O) groups excluding carboxylic acids is 2. The molecule has 0 aliphatic rings. The summed E-state index contributed by atoms with van der Waals surface area (Å²) in [6, 6.07) is 16.1. The number of rotatable bonds is 4. The highest BCUT2D eigenvalue weighted by Crippen LogP contribution is 2.23. The monoisotopic (exact) mass is 323 g/mol. The van der Waals surface area contributed by atoms with Crippen molar-refractivity contribution in [2.24, 2.45) is 5.73 Å². The third-order valence-corrected chi connectivity index (χ3v) is 4.05. The van der Waals surface area contributed by atoms with E-state index in [0.717, 1.165) is 10.6 Å². The van der Waals surface area contributed by atoms with Crippen LogP contribution in [0.5, 0.6) is 0 Å². The Morgan fingerprint density at radius 2 is 1.83 bits per heavy atom. The van der Waals surface area contributed by atoms with Gasteiger partial charge >= 0.3 is 0 Å². The lowest BCUT2D eigenvalue weighted by atomic mass is 10.2. The van der Waals surface area contributed by atoms with Crippen molar-refractivity contribution in [2.75, 3.05) is 5.32 Å². The second-order valence-electron chi connectivity index (χ2n) is 4.80. The van der Waals surface area contributed by atoms with Crippen LogP contribution in [0.3, 0.4) is 0 Å². The molecule has 6 heteroatoms. The molecule has 0 unspecified atom stereocenters. The molecule has 2 amide bonds. The molecule has 0 bridgehead atoms. The van der Waals surface area contributed by atoms with Crippen LogP contribution in [-0.2, 0) is 0 Å². The average molecular weight is 323 g/mol. The molecule has 0 radical (unpaired) electrons. The number of aromatic nitrogens is 1. The number of hydrogen-bond acceptors (Lipinski definition) is 4. The van der Waals surface area contributed by atoms with E-state index in [1.807, 2.05) is 30.3 Å². The highest BCUT2D eigenvalue weighted by atomic mass is 32.1. The highest BCUT2D eigenvalue weighted by Gasteiger charge is 2.12. The van der Waals surface area contributed by atoms with Gasteiger partial charge in [0.1, 0.15) is 10.7 Å². The number of hydrogen-bond donors (Lipinski definition) is 2. The van der Waals surface area contributed by atoms with Gasteiger partial charge < -0.3 is 11.1 Å². The Labute approximate surface area is 136 Å². The largest absolute Gasteiger partial charge is 0.366 e. The van der Waals surface area contributed by atoms with Crippen LogP contribution in [0.2, 0.25) is 0 Å².